The second-order valence-electron chi connectivity index (χ2n) is 6.64. The van der Waals surface area contributed by atoms with Crippen molar-refractivity contribution in [2.75, 3.05) is 12.4 Å². The van der Waals surface area contributed by atoms with Crippen LogP contribution < -0.4 is 20.1 Å². The molecule has 0 spiro atoms. The zero-order valence-corrected chi connectivity index (χ0v) is 18.4. The number of amides is 1. The van der Waals surface area contributed by atoms with Gasteiger partial charge >= 0.3 is 6.36 Å². The number of halogens is 4. The monoisotopic (exact) mass is 521 g/mol. The number of anilines is 2. The molecule has 0 aliphatic carbocycles. The Morgan fingerprint density at radius 2 is 1.88 bits per heavy atom. The van der Waals surface area contributed by atoms with Crippen molar-refractivity contribution in [2.45, 2.75) is 6.36 Å². The summed E-state index contributed by atoms with van der Waals surface area (Å²) in [6.07, 6.45) is -3.31. The fraction of sp³-hybridized carbons (Fsp3) is 0.0952. The van der Waals surface area contributed by atoms with Crippen molar-refractivity contribution in [3.63, 3.8) is 0 Å². The summed E-state index contributed by atoms with van der Waals surface area (Å²) in [4.78, 5) is 23.2. The highest BCUT2D eigenvalue weighted by molar-refractivity contribution is 9.10. The zero-order chi connectivity index (χ0) is 23.6. The summed E-state index contributed by atoms with van der Waals surface area (Å²) >= 11 is 3.07. The Morgan fingerprint density at radius 3 is 2.61 bits per heavy atom. The summed E-state index contributed by atoms with van der Waals surface area (Å²) in [5.74, 6) is 0.638. The third kappa shape index (κ3) is 5.52. The van der Waals surface area contributed by atoms with Gasteiger partial charge in [0.15, 0.2) is 0 Å². The molecule has 0 fully saturated rings. The maximum Gasteiger partial charge on any atom is 0.573 e. The number of imidazole rings is 1. The van der Waals surface area contributed by atoms with E-state index in [1.807, 2.05) is 0 Å². The summed E-state index contributed by atoms with van der Waals surface area (Å²) in [6, 6.07) is 12.4. The van der Waals surface area contributed by atoms with Gasteiger partial charge in [-0.3, -0.25) is 9.78 Å². The summed E-state index contributed by atoms with van der Waals surface area (Å²) in [5, 5.41) is 5.49. The van der Waals surface area contributed by atoms with Crippen LogP contribution in [0.1, 0.15) is 10.5 Å². The molecule has 0 radical (unpaired) electrons. The Bertz CT molecular complexity index is 1330. The Balaban J connectivity index is 1.51. The van der Waals surface area contributed by atoms with E-state index in [9.17, 15) is 18.0 Å². The van der Waals surface area contributed by atoms with Crippen LogP contribution in [0, 0.1) is 0 Å². The van der Waals surface area contributed by atoms with Crippen LogP contribution in [0.2, 0.25) is 0 Å². The lowest BCUT2D eigenvalue weighted by Crippen LogP contribution is -2.18. The van der Waals surface area contributed by atoms with E-state index < -0.39 is 6.36 Å². The molecule has 0 saturated carbocycles. The van der Waals surface area contributed by atoms with E-state index in [1.165, 1.54) is 37.5 Å². The largest absolute Gasteiger partial charge is 0.573 e. The van der Waals surface area contributed by atoms with Crippen molar-refractivity contribution < 1.29 is 27.4 Å². The van der Waals surface area contributed by atoms with Crippen LogP contribution in [0.5, 0.6) is 17.2 Å². The fourth-order valence-electron chi connectivity index (χ4n) is 2.90. The molecule has 0 atom stereocenters. The van der Waals surface area contributed by atoms with Crippen molar-refractivity contribution in [1.29, 1.82) is 0 Å². The highest BCUT2D eigenvalue weighted by atomic mass is 79.9. The van der Waals surface area contributed by atoms with Gasteiger partial charge in [-0.05, 0) is 52.3 Å². The topological polar surface area (TPSA) is 101 Å². The van der Waals surface area contributed by atoms with Crippen LogP contribution in [-0.4, -0.2) is 34.3 Å². The fourth-order valence-corrected chi connectivity index (χ4v) is 3.36. The zero-order valence-electron chi connectivity index (χ0n) is 16.8. The SMILES string of the molecule is CNC(=O)c1cc(Oc2ccc3nc(Nc4ccc(OC(F)(F)F)c(Br)c4)[nH]c3c2)ccn1. The van der Waals surface area contributed by atoms with Crippen molar-refractivity contribution >= 4 is 44.5 Å². The molecule has 2 aromatic heterocycles. The highest BCUT2D eigenvalue weighted by Gasteiger charge is 2.32. The molecule has 0 unspecified atom stereocenters. The number of benzene rings is 2. The standard InChI is InChI=1S/C21H15BrF3N5O3/c1-26-19(31)17-10-13(6-7-27-17)32-12-3-4-15-16(9-12)30-20(29-15)28-11-2-5-18(14(22)8-11)33-21(23,24)25/h2-10H,1H3,(H,26,31)(H2,28,29,30). The Labute approximate surface area is 193 Å². The highest BCUT2D eigenvalue weighted by Crippen LogP contribution is 2.33. The molecule has 0 saturated heterocycles. The molecule has 12 heteroatoms. The van der Waals surface area contributed by atoms with Crippen molar-refractivity contribution in [3.05, 3.63) is 64.9 Å². The van der Waals surface area contributed by atoms with Crippen LogP contribution in [0.15, 0.2) is 59.2 Å². The van der Waals surface area contributed by atoms with E-state index in [2.05, 4.69) is 46.3 Å². The van der Waals surface area contributed by atoms with Crippen LogP contribution in [0.25, 0.3) is 11.0 Å². The second-order valence-corrected chi connectivity index (χ2v) is 7.49. The first-order valence-electron chi connectivity index (χ1n) is 9.38. The van der Waals surface area contributed by atoms with Crippen LogP contribution in [-0.2, 0) is 0 Å². The number of rotatable bonds is 6. The molecule has 170 valence electrons. The van der Waals surface area contributed by atoms with Gasteiger partial charge in [-0.1, -0.05) is 0 Å². The van der Waals surface area contributed by atoms with Gasteiger partial charge in [0.05, 0.1) is 15.5 Å². The van der Waals surface area contributed by atoms with Gasteiger partial charge in [0, 0.05) is 31.1 Å². The molecule has 8 nitrogen and oxygen atoms in total. The maximum absolute atomic E-state index is 12.4. The lowest BCUT2D eigenvalue weighted by Gasteiger charge is -2.11. The number of alkyl halides is 3. The van der Waals surface area contributed by atoms with Gasteiger partial charge in [0.25, 0.3) is 5.91 Å². The third-order valence-corrected chi connectivity index (χ3v) is 4.92. The number of carbonyl (C=O) groups is 1. The summed E-state index contributed by atoms with van der Waals surface area (Å²) in [6.45, 7) is 0. The lowest BCUT2D eigenvalue weighted by atomic mass is 10.3. The molecule has 1 amide bonds. The average molecular weight is 522 g/mol. The Kier molecular flexibility index (Phi) is 6.09. The van der Waals surface area contributed by atoms with Crippen molar-refractivity contribution in [3.8, 4) is 17.2 Å². The minimum atomic E-state index is -4.78. The number of nitrogens with one attached hydrogen (secondary N) is 3. The minimum Gasteiger partial charge on any atom is -0.457 e. The molecule has 0 bridgehead atoms. The first kappa shape index (κ1) is 22.4. The van der Waals surface area contributed by atoms with E-state index >= 15 is 0 Å². The van der Waals surface area contributed by atoms with Gasteiger partial charge in [-0.15, -0.1) is 13.2 Å². The maximum atomic E-state index is 12.4. The molecule has 4 aromatic rings. The quantitative estimate of drug-likeness (QED) is 0.309. The van der Waals surface area contributed by atoms with Gasteiger partial charge in [0.2, 0.25) is 5.95 Å². The number of ether oxygens (including phenoxy) is 2. The summed E-state index contributed by atoms with van der Waals surface area (Å²) in [5.41, 5.74) is 2.01. The van der Waals surface area contributed by atoms with E-state index in [-0.39, 0.29) is 21.8 Å². The number of nitrogens with zero attached hydrogens (tertiary/aromatic N) is 2. The number of pyridine rings is 1. The van der Waals surface area contributed by atoms with E-state index in [0.29, 0.717) is 34.2 Å². The number of fused-ring (bicyclic) bond motifs is 1. The number of hydrogen-bond donors (Lipinski definition) is 3. The molecular formula is C21H15BrF3N5O3. The number of aromatic amines is 1. The van der Waals surface area contributed by atoms with E-state index in [1.54, 1.807) is 24.3 Å². The molecule has 2 heterocycles. The second kappa shape index (κ2) is 8.98. The van der Waals surface area contributed by atoms with Crippen LogP contribution >= 0.6 is 15.9 Å². The predicted octanol–water partition coefficient (Wildman–Crippen LogP) is 5.51. The first-order valence-corrected chi connectivity index (χ1v) is 10.2. The van der Waals surface area contributed by atoms with Crippen LogP contribution in [0.4, 0.5) is 24.8 Å². The predicted molar refractivity (Wildman–Crippen MR) is 118 cm³/mol. The summed E-state index contributed by atoms with van der Waals surface area (Å²) < 4.78 is 47.2. The van der Waals surface area contributed by atoms with Crippen LogP contribution in [0.3, 0.4) is 0 Å². The molecule has 0 aliphatic rings. The van der Waals surface area contributed by atoms with Crippen molar-refractivity contribution in [1.82, 2.24) is 20.3 Å². The van der Waals surface area contributed by atoms with Gasteiger partial charge < -0.3 is 25.1 Å². The molecule has 2 aromatic carbocycles. The summed E-state index contributed by atoms with van der Waals surface area (Å²) in [7, 11) is 1.51. The molecule has 3 N–H and O–H groups in total. The normalized spacial score (nSPS) is 11.3. The van der Waals surface area contributed by atoms with E-state index in [0.717, 1.165) is 0 Å². The minimum absolute atomic E-state index is 0.130. The Hall–Kier alpha value is -3.80. The molecule has 0 aliphatic heterocycles. The number of aromatic nitrogens is 3. The lowest BCUT2D eigenvalue weighted by molar-refractivity contribution is -0.274. The van der Waals surface area contributed by atoms with Gasteiger partial charge in [0.1, 0.15) is 22.9 Å². The molecule has 4 rings (SSSR count). The number of carbonyl (C=O) groups excluding carboxylic acids is 1. The van der Waals surface area contributed by atoms with Gasteiger partial charge in [-0.25, -0.2) is 4.98 Å². The molecule has 33 heavy (non-hydrogen) atoms. The third-order valence-electron chi connectivity index (χ3n) is 4.30. The van der Waals surface area contributed by atoms with E-state index in [4.69, 9.17) is 4.74 Å². The number of hydrogen-bond acceptors (Lipinski definition) is 6. The smallest absolute Gasteiger partial charge is 0.457 e. The number of H-pyrrole nitrogens is 1. The first-order chi connectivity index (χ1) is 15.7. The Morgan fingerprint density at radius 1 is 1.09 bits per heavy atom. The molecular weight excluding hydrogens is 507 g/mol. The van der Waals surface area contributed by atoms with Crippen molar-refractivity contribution in [2.24, 2.45) is 0 Å². The average Bonchev–Trinajstić information content (AvgIpc) is 3.16. The van der Waals surface area contributed by atoms with Gasteiger partial charge in [-0.2, -0.15) is 0 Å².